The van der Waals surface area contributed by atoms with E-state index in [1.165, 1.54) is 24.8 Å². The fourth-order valence-corrected chi connectivity index (χ4v) is 3.02. The largest absolute Gasteiger partial charge is 0.494 e. The van der Waals surface area contributed by atoms with Gasteiger partial charge in [-0.15, -0.1) is 0 Å². The van der Waals surface area contributed by atoms with Crippen LogP contribution in [0, 0.1) is 0 Å². The smallest absolute Gasteiger partial charge is 0.119 e. The highest BCUT2D eigenvalue weighted by Crippen LogP contribution is 2.20. The van der Waals surface area contributed by atoms with Crippen LogP contribution in [0.2, 0.25) is 0 Å². The van der Waals surface area contributed by atoms with E-state index in [2.05, 4.69) is 18.0 Å². The van der Waals surface area contributed by atoms with Gasteiger partial charge in [-0.05, 0) is 72.5 Å². The molecule has 0 bridgehead atoms. The molecule has 0 N–H and O–H groups in total. The normalized spacial score (nSPS) is 14.0. The zero-order valence-corrected chi connectivity index (χ0v) is 17.3. The van der Waals surface area contributed by atoms with Gasteiger partial charge in [0.05, 0.1) is 25.5 Å². The van der Waals surface area contributed by atoms with Gasteiger partial charge in [-0.2, -0.15) is 0 Å². The minimum atomic E-state index is 0.624. The molecule has 0 spiro atoms. The van der Waals surface area contributed by atoms with Crippen molar-refractivity contribution in [3.05, 3.63) is 65.7 Å². The van der Waals surface area contributed by atoms with Gasteiger partial charge >= 0.3 is 0 Å². The van der Waals surface area contributed by atoms with Crippen LogP contribution in [-0.4, -0.2) is 32.6 Å². The van der Waals surface area contributed by atoms with Crippen molar-refractivity contribution in [1.82, 2.24) is 0 Å². The number of unbranched alkanes of at least 4 members (excludes halogenated alkanes) is 3. The number of ether oxygens (including phenoxy) is 3. The molecule has 0 unspecified atom stereocenters. The first-order chi connectivity index (χ1) is 14.3. The summed E-state index contributed by atoms with van der Waals surface area (Å²) in [5.41, 5.74) is 3.25. The van der Waals surface area contributed by atoms with Gasteiger partial charge in [-0.1, -0.05) is 32.3 Å². The molecule has 0 saturated carbocycles. The third-order valence-corrected chi connectivity index (χ3v) is 4.83. The first-order valence-electron chi connectivity index (χ1n) is 10.6. The summed E-state index contributed by atoms with van der Waals surface area (Å²) < 4.78 is 16.9. The number of nitrogens with zero attached hydrogens (tertiary/aromatic N) is 1. The number of benzene rings is 2. The summed E-state index contributed by atoms with van der Waals surface area (Å²) in [7, 11) is 0. The molecule has 2 aromatic carbocycles. The van der Waals surface area contributed by atoms with Gasteiger partial charge in [0.1, 0.15) is 18.1 Å². The standard InChI is InChI=1S/C25H31NO3/c1-2-3-4-5-16-28-24-10-6-21(7-11-24)19-26-23-8-12-25(13-9-23)29-20-22-14-17-27-18-15-22/h6-14,19H,2-5,15-18,20H2,1H3. The summed E-state index contributed by atoms with van der Waals surface area (Å²) in [6.07, 6.45) is 9.79. The van der Waals surface area contributed by atoms with Crippen LogP contribution in [0.1, 0.15) is 44.6 Å². The van der Waals surface area contributed by atoms with Crippen LogP contribution >= 0.6 is 0 Å². The van der Waals surface area contributed by atoms with E-state index in [9.17, 15) is 0 Å². The maximum Gasteiger partial charge on any atom is 0.119 e. The second kappa shape index (κ2) is 12.1. The van der Waals surface area contributed by atoms with E-state index in [1.807, 2.05) is 54.7 Å². The Hall–Kier alpha value is -2.59. The molecule has 154 valence electrons. The lowest BCUT2D eigenvalue weighted by molar-refractivity contribution is 0.150. The van der Waals surface area contributed by atoms with Crippen molar-refractivity contribution >= 4 is 11.9 Å². The van der Waals surface area contributed by atoms with Crippen molar-refractivity contribution in [2.24, 2.45) is 4.99 Å². The Bertz CT molecular complexity index is 779. The average molecular weight is 394 g/mol. The summed E-state index contributed by atoms with van der Waals surface area (Å²) in [5, 5.41) is 0. The van der Waals surface area contributed by atoms with Crippen LogP contribution in [0.15, 0.2) is 65.2 Å². The van der Waals surface area contributed by atoms with Crippen LogP contribution in [-0.2, 0) is 4.74 Å². The molecule has 1 heterocycles. The van der Waals surface area contributed by atoms with Gasteiger partial charge in [-0.25, -0.2) is 0 Å². The highest BCUT2D eigenvalue weighted by Gasteiger charge is 2.04. The second-order valence-electron chi connectivity index (χ2n) is 7.21. The molecule has 1 aliphatic heterocycles. The molecule has 1 aliphatic rings. The van der Waals surface area contributed by atoms with Crippen molar-refractivity contribution in [1.29, 1.82) is 0 Å². The molecule has 4 heteroatoms. The van der Waals surface area contributed by atoms with Gasteiger partial charge < -0.3 is 14.2 Å². The van der Waals surface area contributed by atoms with E-state index in [0.717, 1.165) is 48.8 Å². The first kappa shape index (κ1) is 21.1. The predicted octanol–water partition coefficient (Wildman–Crippen LogP) is 6.12. The molecule has 2 aromatic rings. The second-order valence-corrected chi connectivity index (χ2v) is 7.21. The van der Waals surface area contributed by atoms with Gasteiger partial charge in [-0.3, -0.25) is 4.99 Å². The third-order valence-electron chi connectivity index (χ3n) is 4.83. The maximum atomic E-state index is 5.84. The lowest BCUT2D eigenvalue weighted by atomic mass is 10.2. The highest BCUT2D eigenvalue weighted by atomic mass is 16.5. The van der Waals surface area contributed by atoms with Gasteiger partial charge in [0.15, 0.2) is 0 Å². The topological polar surface area (TPSA) is 40.0 Å². The number of hydrogen-bond acceptors (Lipinski definition) is 4. The summed E-state index contributed by atoms with van der Waals surface area (Å²) in [4.78, 5) is 4.54. The molecule has 0 aromatic heterocycles. The number of rotatable bonds is 11. The quantitative estimate of drug-likeness (QED) is 0.262. The summed E-state index contributed by atoms with van der Waals surface area (Å²) >= 11 is 0. The van der Waals surface area contributed by atoms with Crippen LogP contribution in [0.3, 0.4) is 0 Å². The highest BCUT2D eigenvalue weighted by molar-refractivity contribution is 5.82. The summed E-state index contributed by atoms with van der Waals surface area (Å²) in [5.74, 6) is 1.77. The van der Waals surface area contributed by atoms with Gasteiger partial charge in [0.2, 0.25) is 0 Å². The molecule has 0 radical (unpaired) electrons. The lowest BCUT2D eigenvalue weighted by Gasteiger charge is -2.14. The zero-order chi connectivity index (χ0) is 20.2. The van der Waals surface area contributed by atoms with Gasteiger partial charge in [0.25, 0.3) is 0 Å². The van der Waals surface area contributed by atoms with Crippen molar-refractivity contribution < 1.29 is 14.2 Å². The molecule has 0 atom stereocenters. The molecule has 0 fully saturated rings. The predicted molar refractivity (Wildman–Crippen MR) is 119 cm³/mol. The Balaban J connectivity index is 1.43. The Morgan fingerprint density at radius 2 is 1.69 bits per heavy atom. The van der Waals surface area contributed by atoms with E-state index in [1.54, 1.807) is 0 Å². The van der Waals surface area contributed by atoms with E-state index >= 15 is 0 Å². The summed E-state index contributed by atoms with van der Waals surface area (Å²) in [6, 6.07) is 15.9. The Morgan fingerprint density at radius 1 is 0.931 bits per heavy atom. The van der Waals surface area contributed by atoms with Crippen LogP contribution in [0.25, 0.3) is 0 Å². The fraction of sp³-hybridized carbons (Fsp3) is 0.400. The average Bonchev–Trinajstić information content (AvgIpc) is 2.78. The minimum Gasteiger partial charge on any atom is -0.494 e. The third kappa shape index (κ3) is 7.74. The van der Waals surface area contributed by atoms with E-state index in [0.29, 0.717) is 13.2 Å². The molecular weight excluding hydrogens is 362 g/mol. The Kier molecular flexibility index (Phi) is 8.80. The number of hydrogen-bond donors (Lipinski definition) is 0. The van der Waals surface area contributed by atoms with Crippen molar-refractivity contribution in [2.75, 3.05) is 26.4 Å². The van der Waals surface area contributed by atoms with Crippen LogP contribution in [0.4, 0.5) is 5.69 Å². The van der Waals surface area contributed by atoms with Crippen LogP contribution in [0.5, 0.6) is 11.5 Å². The zero-order valence-electron chi connectivity index (χ0n) is 17.3. The molecular formula is C25H31NO3. The van der Waals surface area contributed by atoms with E-state index in [-0.39, 0.29) is 0 Å². The molecule has 29 heavy (non-hydrogen) atoms. The fourth-order valence-electron chi connectivity index (χ4n) is 3.02. The van der Waals surface area contributed by atoms with E-state index < -0.39 is 0 Å². The monoisotopic (exact) mass is 393 g/mol. The molecule has 0 saturated heterocycles. The van der Waals surface area contributed by atoms with Crippen molar-refractivity contribution in [2.45, 2.75) is 39.0 Å². The Morgan fingerprint density at radius 3 is 2.41 bits per heavy atom. The SMILES string of the molecule is CCCCCCOc1ccc(C=Nc2ccc(OCC3=CCOCC3)cc2)cc1. The van der Waals surface area contributed by atoms with Crippen LogP contribution < -0.4 is 9.47 Å². The molecule has 4 nitrogen and oxygen atoms in total. The van der Waals surface area contributed by atoms with E-state index in [4.69, 9.17) is 14.2 Å². The minimum absolute atomic E-state index is 0.624. The maximum absolute atomic E-state index is 5.84. The molecule has 3 rings (SSSR count). The number of aliphatic imine (C=N–C) groups is 1. The first-order valence-corrected chi connectivity index (χ1v) is 10.6. The molecule has 0 amide bonds. The Labute approximate surface area is 174 Å². The summed E-state index contributed by atoms with van der Waals surface area (Å²) in [6.45, 7) is 5.11. The van der Waals surface area contributed by atoms with Crippen molar-refractivity contribution in [3.63, 3.8) is 0 Å². The van der Waals surface area contributed by atoms with Crippen molar-refractivity contribution in [3.8, 4) is 11.5 Å². The lowest BCUT2D eigenvalue weighted by Crippen LogP contribution is -2.10. The molecule has 0 aliphatic carbocycles. The van der Waals surface area contributed by atoms with Gasteiger partial charge in [0, 0.05) is 6.21 Å².